The Labute approximate surface area is 125 Å². The van der Waals surface area contributed by atoms with E-state index >= 15 is 0 Å². The largest absolute Gasteiger partial charge is 0.380 e. The lowest BCUT2D eigenvalue weighted by molar-refractivity contribution is 1.08. The van der Waals surface area contributed by atoms with Gasteiger partial charge < -0.3 is 5.32 Å². The first kappa shape index (κ1) is 13.6. The highest BCUT2D eigenvalue weighted by Crippen LogP contribution is 2.20. The molecule has 1 aromatic heterocycles. The Morgan fingerprint density at radius 2 is 1.67 bits per heavy atom. The van der Waals surface area contributed by atoms with Gasteiger partial charge in [0.2, 0.25) is 0 Å². The molecule has 0 aliphatic carbocycles. The van der Waals surface area contributed by atoms with Gasteiger partial charge >= 0.3 is 0 Å². The molecule has 1 N–H and O–H groups in total. The number of nitrogens with one attached hydrogen (secondary N) is 1. The van der Waals surface area contributed by atoms with Crippen molar-refractivity contribution in [3.05, 3.63) is 70.9 Å². The molecule has 0 amide bonds. The highest BCUT2D eigenvalue weighted by atomic mass is 14.9. The molecule has 21 heavy (non-hydrogen) atoms. The fraction of sp³-hybridized carbons (Fsp3) is 0.211. The molecule has 0 unspecified atom stereocenters. The molecule has 0 aliphatic rings. The number of pyridine rings is 1. The second-order valence-corrected chi connectivity index (χ2v) is 5.65. The molecule has 0 saturated carbocycles. The Hall–Kier alpha value is -2.35. The predicted octanol–water partition coefficient (Wildman–Crippen LogP) is 4.77. The zero-order valence-electron chi connectivity index (χ0n) is 12.8. The summed E-state index contributed by atoms with van der Waals surface area (Å²) in [6, 6.07) is 14.8. The van der Waals surface area contributed by atoms with Gasteiger partial charge in [-0.3, -0.25) is 4.98 Å². The van der Waals surface area contributed by atoms with Crippen molar-refractivity contribution in [3.8, 4) is 0 Å². The van der Waals surface area contributed by atoms with Crippen molar-refractivity contribution in [3.63, 3.8) is 0 Å². The quantitative estimate of drug-likeness (QED) is 0.745. The van der Waals surface area contributed by atoms with Crippen molar-refractivity contribution in [2.75, 3.05) is 5.32 Å². The molecular formula is C19H20N2. The van der Waals surface area contributed by atoms with E-state index in [0.29, 0.717) is 0 Å². The first-order chi connectivity index (χ1) is 10.1. The average Bonchev–Trinajstić information content (AvgIpc) is 2.46. The van der Waals surface area contributed by atoms with Crippen LogP contribution in [-0.2, 0) is 6.54 Å². The maximum absolute atomic E-state index is 4.49. The van der Waals surface area contributed by atoms with Gasteiger partial charge in [0, 0.05) is 11.9 Å². The molecule has 3 aromatic rings. The third kappa shape index (κ3) is 2.89. The summed E-state index contributed by atoms with van der Waals surface area (Å²) in [6.07, 6.45) is 1.90. The van der Waals surface area contributed by atoms with E-state index in [-0.39, 0.29) is 0 Å². The van der Waals surface area contributed by atoms with E-state index in [4.69, 9.17) is 0 Å². The number of aryl methyl sites for hydroxylation is 3. The average molecular weight is 276 g/mol. The highest BCUT2D eigenvalue weighted by molar-refractivity contribution is 5.81. The minimum Gasteiger partial charge on any atom is -0.380 e. The Morgan fingerprint density at radius 3 is 2.43 bits per heavy atom. The monoisotopic (exact) mass is 276 g/mol. The normalized spacial score (nSPS) is 10.8. The molecule has 0 atom stereocenters. The van der Waals surface area contributed by atoms with Crippen LogP contribution in [-0.4, -0.2) is 4.98 Å². The van der Waals surface area contributed by atoms with E-state index in [9.17, 15) is 0 Å². The van der Waals surface area contributed by atoms with Crippen LogP contribution in [0.25, 0.3) is 10.9 Å². The highest BCUT2D eigenvalue weighted by Gasteiger charge is 2.04. The molecule has 0 aliphatic heterocycles. The summed E-state index contributed by atoms with van der Waals surface area (Å²) in [7, 11) is 0. The lowest BCUT2D eigenvalue weighted by Gasteiger charge is -2.13. The number of aromatic nitrogens is 1. The second kappa shape index (κ2) is 5.57. The van der Waals surface area contributed by atoms with Crippen LogP contribution >= 0.6 is 0 Å². The molecule has 0 saturated heterocycles. The summed E-state index contributed by atoms with van der Waals surface area (Å²) in [4.78, 5) is 4.49. The van der Waals surface area contributed by atoms with Gasteiger partial charge in [-0.15, -0.1) is 0 Å². The van der Waals surface area contributed by atoms with Gasteiger partial charge in [0.15, 0.2) is 0 Å². The van der Waals surface area contributed by atoms with Gasteiger partial charge in [-0.05, 0) is 49.6 Å². The zero-order chi connectivity index (χ0) is 14.8. The maximum atomic E-state index is 4.49. The number of anilines is 1. The number of nitrogens with zero attached hydrogens (tertiary/aromatic N) is 1. The number of benzene rings is 2. The van der Waals surface area contributed by atoms with E-state index in [1.165, 1.54) is 27.6 Å². The molecule has 0 fully saturated rings. The summed E-state index contributed by atoms with van der Waals surface area (Å²) < 4.78 is 0. The van der Waals surface area contributed by atoms with Gasteiger partial charge in [-0.2, -0.15) is 0 Å². The Balaban J connectivity index is 1.83. The molecule has 3 rings (SSSR count). The van der Waals surface area contributed by atoms with E-state index in [0.717, 1.165) is 17.7 Å². The summed E-state index contributed by atoms with van der Waals surface area (Å²) in [5.41, 5.74) is 7.47. The first-order valence-electron chi connectivity index (χ1n) is 7.29. The molecule has 2 aromatic carbocycles. The van der Waals surface area contributed by atoms with E-state index in [1.807, 2.05) is 24.4 Å². The molecule has 106 valence electrons. The molecular weight excluding hydrogens is 256 g/mol. The number of rotatable bonds is 3. The van der Waals surface area contributed by atoms with Gasteiger partial charge in [-0.1, -0.05) is 35.9 Å². The van der Waals surface area contributed by atoms with Crippen LogP contribution in [0, 0.1) is 20.8 Å². The molecule has 2 nitrogen and oxygen atoms in total. The molecule has 0 bridgehead atoms. The van der Waals surface area contributed by atoms with Gasteiger partial charge in [0.1, 0.15) is 0 Å². The number of hydrogen-bond acceptors (Lipinski definition) is 2. The standard InChI is InChI=1S/C19H20N2/c1-13-8-14(2)18(15(3)9-13)12-20-17-10-16-6-4-5-7-19(16)21-11-17/h4-11,20H,12H2,1-3H3. The van der Waals surface area contributed by atoms with Gasteiger partial charge in [0.05, 0.1) is 17.4 Å². The molecule has 1 heterocycles. The second-order valence-electron chi connectivity index (χ2n) is 5.65. The van der Waals surface area contributed by atoms with Crippen LogP contribution in [0.2, 0.25) is 0 Å². The van der Waals surface area contributed by atoms with Crippen molar-refractivity contribution < 1.29 is 0 Å². The lowest BCUT2D eigenvalue weighted by atomic mass is 10.00. The Morgan fingerprint density at radius 1 is 0.952 bits per heavy atom. The van der Waals surface area contributed by atoms with Crippen LogP contribution in [0.1, 0.15) is 22.3 Å². The molecule has 2 heteroatoms. The predicted molar refractivity (Wildman–Crippen MR) is 89.7 cm³/mol. The van der Waals surface area contributed by atoms with Crippen LogP contribution in [0.3, 0.4) is 0 Å². The van der Waals surface area contributed by atoms with Gasteiger partial charge in [0.25, 0.3) is 0 Å². The fourth-order valence-corrected chi connectivity index (χ4v) is 2.85. The SMILES string of the molecule is Cc1cc(C)c(CNc2cnc3ccccc3c2)c(C)c1. The van der Waals surface area contributed by atoms with Crippen molar-refractivity contribution in [1.29, 1.82) is 0 Å². The minimum absolute atomic E-state index is 0.831. The van der Waals surface area contributed by atoms with Crippen molar-refractivity contribution in [2.45, 2.75) is 27.3 Å². The maximum Gasteiger partial charge on any atom is 0.0703 e. The number of para-hydroxylation sites is 1. The van der Waals surface area contributed by atoms with E-state index < -0.39 is 0 Å². The summed E-state index contributed by atoms with van der Waals surface area (Å²) >= 11 is 0. The third-order valence-corrected chi connectivity index (χ3v) is 3.90. The van der Waals surface area contributed by atoms with E-state index in [1.54, 1.807) is 0 Å². The van der Waals surface area contributed by atoms with Crippen LogP contribution in [0.15, 0.2) is 48.7 Å². The van der Waals surface area contributed by atoms with Crippen molar-refractivity contribution in [2.24, 2.45) is 0 Å². The first-order valence-corrected chi connectivity index (χ1v) is 7.29. The fourth-order valence-electron chi connectivity index (χ4n) is 2.85. The zero-order valence-corrected chi connectivity index (χ0v) is 12.8. The van der Waals surface area contributed by atoms with Crippen molar-refractivity contribution >= 4 is 16.6 Å². The molecule has 0 spiro atoms. The Bertz CT molecular complexity index is 767. The number of hydrogen-bond donors (Lipinski definition) is 1. The summed E-state index contributed by atoms with van der Waals surface area (Å²) in [6.45, 7) is 7.33. The van der Waals surface area contributed by atoms with Gasteiger partial charge in [-0.25, -0.2) is 0 Å². The number of fused-ring (bicyclic) bond motifs is 1. The molecule has 0 radical (unpaired) electrons. The van der Waals surface area contributed by atoms with Crippen LogP contribution in [0.4, 0.5) is 5.69 Å². The lowest BCUT2D eigenvalue weighted by Crippen LogP contribution is -2.04. The van der Waals surface area contributed by atoms with Crippen LogP contribution in [0.5, 0.6) is 0 Å². The topological polar surface area (TPSA) is 24.9 Å². The summed E-state index contributed by atoms with van der Waals surface area (Å²) in [5, 5.41) is 4.66. The summed E-state index contributed by atoms with van der Waals surface area (Å²) in [5.74, 6) is 0. The smallest absolute Gasteiger partial charge is 0.0703 e. The Kier molecular flexibility index (Phi) is 3.61. The third-order valence-electron chi connectivity index (χ3n) is 3.90. The van der Waals surface area contributed by atoms with Crippen LogP contribution < -0.4 is 5.32 Å². The van der Waals surface area contributed by atoms with E-state index in [2.05, 4.69) is 55.3 Å². The van der Waals surface area contributed by atoms with Crippen molar-refractivity contribution in [1.82, 2.24) is 4.98 Å². The minimum atomic E-state index is 0.831.